The molecule has 1 N–H and O–H groups in total. The minimum Gasteiger partial charge on any atom is -0.352 e. The summed E-state index contributed by atoms with van der Waals surface area (Å²) in [5.41, 5.74) is 0.204. The smallest absolute Gasteiger partial charge is 0.252 e. The molecule has 0 spiro atoms. The maximum Gasteiger partial charge on any atom is 0.252 e. The van der Waals surface area contributed by atoms with Crippen molar-refractivity contribution in [1.29, 1.82) is 0 Å². The Labute approximate surface area is 155 Å². The summed E-state index contributed by atoms with van der Waals surface area (Å²) in [4.78, 5) is 12.6. The van der Waals surface area contributed by atoms with Crippen molar-refractivity contribution in [2.24, 2.45) is 5.92 Å². The van der Waals surface area contributed by atoms with Crippen molar-refractivity contribution in [3.8, 4) is 0 Å². The van der Waals surface area contributed by atoms with E-state index < -0.39 is 10.0 Å². The Kier molecular flexibility index (Phi) is 6.88. The highest BCUT2D eigenvalue weighted by molar-refractivity contribution is 7.89. The van der Waals surface area contributed by atoms with Gasteiger partial charge in [-0.3, -0.25) is 4.79 Å². The van der Waals surface area contributed by atoms with Crippen molar-refractivity contribution < 1.29 is 13.2 Å². The molecule has 1 aliphatic carbocycles. The fraction of sp³-hybridized carbons (Fsp3) is 0.611. The van der Waals surface area contributed by atoms with Crippen molar-refractivity contribution in [2.45, 2.75) is 56.9 Å². The molecule has 25 heavy (non-hydrogen) atoms. The largest absolute Gasteiger partial charge is 0.352 e. The van der Waals surface area contributed by atoms with Gasteiger partial charge in [0, 0.05) is 19.6 Å². The molecule has 0 unspecified atom stereocenters. The molecule has 7 heteroatoms. The van der Waals surface area contributed by atoms with Gasteiger partial charge in [0.15, 0.2) is 0 Å². The van der Waals surface area contributed by atoms with Crippen LogP contribution in [0.4, 0.5) is 0 Å². The number of carbonyl (C=O) groups excluding carboxylic acids is 1. The molecule has 0 radical (unpaired) electrons. The monoisotopic (exact) mass is 386 g/mol. The molecule has 0 bridgehead atoms. The fourth-order valence-corrected chi connectivity index (χ4v) is 4.60. The minimum absolute atomic E-state index is 0.0796. The molecule has 5 nitrogen and oxygen atoms in total. The summed E-state index contributed by atoms with van der Waals surface area (Å²) in [5.74, 6) is 0.176. The lowest BCUT2D eigenvalue weighted by atomic mass is 9.89. The lowest BCUT2D eigenvalue weighted by Crippen LogP contribution is -2.33. The molecule has 1 aromatic carbocycles. The third kappa shape index (κ3) is 4.96. The van der Waals surface area contributed by atoms with E-state index >= 15 is 0 Å². The molecule has 0 saturated heterocycles. The number of rotatable bonds is 6. The van der Waals surface area contributed by atoms with E-state index in [0.717, 1.165) is 12.8 Å². The second-order valence-corrected chi connectivity index (χ2v) is 9.38. The second-order valence-electron chi connectivity index (χ2n) is 6.97. The summed E-state index contributed by atoms with van der Waals surface area (Å²) >= 11 is 6.14. The number of hydrogen-bond acceptors (Lipinski definition) is 3. The lowest BCUT2D eigenvalue weighted by Gasteiger charge is -2.22. The van der Waals surface area contributed by atoms with Crippen LogP contribution in [0.15, 0.2) is 23.1 Å². The van der Waals surface area contributed by atoms with Gasteiger partial charge in [0.05, 0.1) is 15.5 Å². The molecule has 140 valence electrons. The molecular weight excluding hydrogens is 360 g/mol. The molecule has 1 aromatic rings. The summed E-state index contributed by atoms with van der Waals surface area (Å²) in [6.45, 7) is 4.20. The Morgan fingerprint density at radius 3 is 2.52 bits per heavy atom. The van der Waals surface area contributed by atoms with Crippen LogP contribution in [-0.4, -0.2) is 38.3 Å². The number of nitrogens with zero attached hydrogens (tertiary/aromatic N) is 1. The predicted octanol–water partition coefficient (Wildman–Crippen LogP) is 3.68. The van der Waals surface area contributed by atoms with E-state index in [1.165, 1.54) is 48.8 Å². The van der Waals surface area contributed by atoms with Gasteiger partial charge in [0.1, 0.15) is 0 Å². The van der Waals surface area contributed by atoms with Crippen LogP contribution in [0.1, 0.15) is 56.3 Å². The number of sulfonamides is 1. The Balaban J connectivity index is 2.16. The Bertz CT molecular complexity index is 713. The molecule has 0 aliphatic heterocycles. The van der Waals surface area contributed by atoms with Crippen molar-refractivity contribution in [3.63, 3.8) is 0 Å². The molecule has 0 heterocycles. The van der Waals surface area contributed by atoms with E-state index in [0.29, 0.717) is 12.5 Å². The highest BCUT2D eigenvalue weighted by atomic mass is 35.5. The molecule has 1 aliphatic rings. The van der Waals surface area contributed by atoms with E-state index in [-0.39, 0.29) is 27.4 Å². The third-order valence-corrected chi connectivity index (χ3v) is 7.22. The topological polar surface area (TPSA) is 66.5 Å². The summed E-state index contributed by atoms with van der Waals surface area (Å²) in [7, 11) is -2.13. The molecule has 1 saturated carbocycles. The maximum absolute atomic E-state index is 12.6. The first-order valence-electron chi connectivity index (χ1n) is 8.79. The zero-order valence-electron chi connectivity index (χ0n) is 15.1. The summed E-state index contributed by atoms with van der Waals surface area (Å²) in [6, 6.07) is 4.10. The van der Waals surface area contributed by atoms with Gasteiger partial charge in [0.2, 0.25) is 10.0 Å². The van der Waals surface area contributed by atoms with Gasteiger partial charge in [-0.2, -0.15) is 4.31 Å². The molecule has 0 atom stereocenters. The first kappa shape index (κ1) is 20.2. The molecule has 2 rings (SSSR count). The lowest BCUT2D eigenvalue weighted by molar-refractivity contribution is 0.0943. The van der Waals surface area contributed by atoms with E-state index in [2.05, 4.69) is 5.32 Å². The summed E-state index contributed by atoms with van der Waals surface area (Å²) < 4.78 is 26.5. The summed E-state index contributed by atoms with van der Waals surface area (Å²) in [6.07, 6.45) is 5.93. The number of hydrogen-bond donors (Lipinski definition) is 1. The van der Waals surface area contributed by atoms with Crippen LogP contribution >= 0.6 is 11.6 Å². The van der Waals surface area contributed by atoms with Crippen molar-refractivity contribution >= 4 is 27.5 Å². The van der Waals surface area contributed by atoms with Crippen LogP contribution < -0.4 is 5.32 Å². The van der Waals surface area contributed by atoms with Crippen molar-refractivity contribution in [1.82, 2.24) is 9.62 Å². The Morgan fingerprint density at radius 1 is 1.28 bits per heavy atom. The highest BCUT2D eigenvalue weighted by Gasteiger charge is 2.25. The minimum atomic E-state index is -3.65. The molecule has 0 aromatic heterocycles. The number of amides is 1. The van der Waals surface area contributed by atoms with E-state index in [9.17, 15) is 13.2 Å². The van der Waals surface area contributed by atoms with E-state index in [1.54, 1.807) is 13.8 Å². The van der Waals surface area contributed by atoms with Gasteiger partial charge in [-0.05, 0) is 50.8 Å². The Hall–Kier alpha value is -1.11. The van der Waals surface area contributed by atoms with Crippen LogP contribution in [0.2, 0.25) is 5.02 Å². The quantitative estimate of drug-likeness (QED) is 0.810. The maximum atomic E-state index is 12.6. The van der Waals surface area contributed by atoms with Gasteiger partial charge < -0.3 is 5.32 Å². The first-order valence-corrected chi connectivity index (χ1v) is 10.6. The third-order valence-electron chi connectivity index (χ3n) is 4.86. The Morgan fingerprint density at radius 2 is 1.92 bits per heavy atom. The van der Waals surface area contributed by atoms with Crippen molar-refractivity contribution in [3.05, 3.63) is 28.8 Å². The fourth-order valence-electron chi connectivity index (χ4n) is 3.01. The second kappa shape index (κ2) is 8.52. The average molecular weight is 387 g/mol. The van der Waals surface area contributed by atoms with Crippen LogP contribution in [0.3, 0.4) is 0 Å². The molecular formula is C18H27ClN2O3S. The number of benzene rings is 1. The van der Waals surface area contributed by atoms with Crippen LogP contribution in [0.5, 0.6) is 0 Å². The van der Waals surface area contributed by atoms with Gasteiger partial charge in [-0.15, -0.1) is 0 Å². The zero-order valence-corrected chi connectivity index (χ0v) is 16.7. The standard InChI is InChI=1S/C18H27ClN2O3S/c1-13(2)21(3)25(23,24)15-9-10-17(19)16(11-15)18(22)20-12-14-7-5-4-6-8-14/h9-11,13-14H,4-8,12H2,1-3H3,(H,20,22). The van der Waals surface area contributed by atoms with Crippen LogP contribution in [-0.2, 0) is 10.0 Å². The zero-order chi connectivity index (χ0) is 18.6. The highest BCUT2D eigenvalue weighted by Crippen LogP contribution is 2.25. The van der Waals surface area contributed by atoms with Crippen LogP contribution in [0, 0.1) is 5.92 Å². The van der Waals surface area contributed by atoms with Gasteiger partial charge in [-0.25, -0.2) is 8.42 Å². The number of carbonyl (C=O) groups is 1. The van der Waals surface area contributed by atoms with Crippen molar-refractivity contribution in [2.75, 3.05) is 13.6 Å². The molecule has 1 amide bonds. The molecule has 1 fully saturated rings. The normalized spacial score (nSPS) is 16.4. The number of nitrogens with one attached hydrogen (secondary N) is 1. The van der Waals surface area contributed by atoms with Gasteiger partial charge in [-0.1, -0.05) is 30.9 Å². The van der Waals surface area contributed by atoms with E-state index in [4.69, 9.17) is 11.6 Å². The van der Waals surface area contributed by atoms with Crippen LogP contribution in [0.25, 0.3) is 0 Å². The van der Waals surface area contributed by atoms with E-state index in [1.807, 2.05) is 0 Å². The average Bonchev–Trinajstić information content (AvgIpc) is 2.60. The SMILES string of the molecule is CC(C)N(C)S(=O)(=O)c1ccc(Cl)c(C(=O)NCC2CCCCC2)c1. The summed E-state index contributed by atoms with van der Waals surface area (Å²) in [5, 5.41) is 3.17. The first-order chi connectivity index (χ1) is 11.7. The number of halogens is 1. The van der Waals surface area contributed by atoms with Gasteiger partial charge in [0.25, 0.3) is 5.91 Å². The van der Waals surface area contributed by atoms with Gasteiger partial charge >= 0.3 is 0 Å². The predicted molar refractivity (Wildman–Crippen MR) is 100 cm³/mol.